The van der Waals surface area contributed by atoms with Crippen molar-refractivity contribution < 1.29 is 22.4 Å². The molecule has 0 radical (unpaired) electrons. The Morgan fingerprint density at radius 1 is 1.15 bits per heavy atom. The van der Waals surface area contributed by atoms with E-state index in [0.29, 0.717) is 10.9 Å². The van der Waals surface area contributed by atoms with E-state index in [1.165, 1.54) is 25.3 Å². The van der Waals surface area contributed by atoms with Gasteiger partial charge in [-0.15, -0.1) is 0 Å². The number of hydrogen-bond acceptors (Lipinski definition) is 6. The number of rotatable bonds is 3. The molecule has 1 aliphatic rings. The predicted octanol–water partition coefficient (Wildman–Crippen LogP) is 4.90. The fourth-order valence-electron chi connectivity index (χ4n) is 3.60. The van der Waals surface area contributed by atoms with E-state index >= 15 is 0 Å². The minimum atomic E-state index is -4.84. The molecule has 0 saturated heterocycles. The number of benzene rings is 1. The van der Waals surface area contributed by atoms with Gasteiger partial charge < -0.3 is 15.1 Å². The summed E-state index contributed by atoms with van der Waals surface area (Å²) >= 11 is 0. The van der Waals surface area contributed by atoms with E-state index in [1.807, 2.05) is 6.07 Å². The topological polar surface area (TPSA) is 115 Å². The molecule has 0 spiro atoms. The van der Waals surface area contributed by atoms with Crippen LogP contribution in [0.4, 0.5) is 19.0 Å². The Hall–Kier alpha value is -4.57. The van der Waals surface area contributed by atoms with Crippen LogP contribution in [-0.2, 0) is 0 Å². The fourth-order valence-corrected chi connectivity index (χ4v) is 3.60. The van der Waals surface area contributed by atoms with E-state index in [0.717, 1.165) is 0 Å². The Bertz CT molecular complexity index is 1410. The normalized spacial score (nSPS) is 16.2. The van der Waals surface area contributed by atoms with E-state index in [1.54, 1.807) is 36.4 Å². The molecule has 2 N–H and O–H groups in total. The van der Waals surface area contributed by atoms with Crippen LogP contribution in [-0.4, -0.2) is 17.1 Å². The second-order valence-corrected chi connectivity index (χ2v) is 7.15. The molecule has 1 aliphatic heterocycles. The highest BCUT2D eigenvalue weighted by Gasteiger charge is 2.44. The number of nitrogens with zero attached hydrogens (tertiary/aromatic N) is 3. The number of hydrogen-bond donors (Lipinski definition) is 2. The number of alkyl halides is 3. The van der Waals surface area contributed by atoms with Crippen molar-refractivity contribution >= 4 is 22.7 Å². The summed E-state index contributed by atoms with van der Waals surface area (Å²) in [5.74, 6) is -1.74. The summed E-state index contributed by atoms with van der Waals surface area (Å²) < 4.78 is 46.5. The van der Waals surface area contributed by atoms with E-state index in [9.17, 15) is 28.5 Å². The van der Waals surface area contributed by atoms with E-state index in [2.05, 4.69) is 15.6 Å². The molecule has 33 heavy (non-hydrogen) atoms. The van der Waals surface area contributed by atoms with Crippen LogP contribution in [0.25, 0.3) is 11.0 Å². The smallest absolute Gasteiger partial charge is 0.432 e. The molecule has 0 fully saturated rings. The summed E-state index contributed by atoms with van der Waals surface area (Å²) in [6, 6.07) is 14.7. The maximum Gasteiger partial charge on any atom is 0.432 e. The Balaban J connectivity index is 1.83. The third kappa shape index (κ3) is 3.90. The summed E-state index contributed by atoms with van der Waals surface area (Å²) in [5, 5.41) is 24.2. The van der Waals surface area contributed by atoms with Gasteiger partial charge in [-0.2, -0.15) is 23.7 Å². The second-order valence-electron chi connectivity index (χ2n) is 7.15. The van der Waals surface area contributed by atoms with Gasteiger partial charge in [-0.3, -0.25) is 4.79 Å². The predicted molar refractivity (Wildman–Crippen MR) is 111 cm³/mol. The van der Waals surface area contributed by atoms with Crippen molar-refractivity contribution in [2.24, 2.45) is 0 Å². The zero-order valence-electron chi connectivity index (χ0n) is 17.0. The van der Waals surface area contributed by atoms with Crippen molar-refractivity contribution in [3.63, 3.8) is 0 Å². The first kappa shape index (κ1) is 21.7. The maximum atomic E-state index is 13.6. The molecular weight excluding hydrogens is 435 g/mol. The van der Waals surface area contributed by atoms with Gasteiger partial charge in [0.25, 0.3) is 5.91 Å². The van der Waals surface area contributed by atoms with Crippen LogP contribution in [0.3, 0.4) is 0 Å². The number of carbonyl (C=O) groups is 1. The third-order valence-electron chi connectivity index (χ3n) is 5.10. The molecule has 3 heterocycles. The Morgan fingerprint density at radius 2 is 1.85 bits per heavy atom. The van der Waals surface area contributed by atoms with Crippen molar-refractivity contribution in [3.8, 4) is 12.1 Å². The average Bonchev–Trinajstić information content (AvgIpc) is 3.23. The number of halogens is 3. The number of carbonyl (C=O) groups excluding carboxylic acids is 1. The van der Waals surface area contributed by atoms with Crippen molar-refractivity contribution in [1.29, 1.82) is 10.5 Å². The summed E-state index contributed by atoms with van der Waals surface area (Å²) in [5.41, 5.74) is -1.45. The molecule has 1 aromatic carbocycles. The van der Waals surface area contributed by atoms with E-state index in [4.69, 9.17) is 4.42 Å². The summed E-state index contributed by atoms with van der Waals surface area (Å²) in [6.07, 6.45) is -3.47. The van der Waals surface area contributed by atoms with Gasteiger partial charge in [0, 0.05) is 17.5 Å². The first-order valence-electron chi connectivity index (χ1n) is 9.58. The Morgan fingerprint density at radius 3 is 2.48 bits per heavy atom. The van der Waals surface area contributed by atoms with Crippen LogP contribution >= 0.6 is 0 Å². The van der Waals surface area contributed by atoms with Gasteiger partial charge in [0.05, 0.1) is 34.6 Å². The van der Waals surface area contributed by atoms with Gasteiger partial charge in [0.1, 0.15) is 22.9 Å². The highest BCUT2D eigenvalue weighted by molar-refractivity contribution is 6.07. The van der Waals surface area contributed by atoms with Gasteiger partial charge in [-0.25, -0.2) is 4.98 Å². The summed E-state index contributed by atoms with van der Waals surface area (Å²) in [4.78, 5) is 16.7. The van der Waals surface area contributed by atoms with E-state index in [-0.39, 0.29) is 28.4 Å². The lowest BCUT2D eigenvalue weighted by Crippen LogP contribution is -2.33. The molecule has 1 amide bonds. The van der Waals surface area contributed by atoms with Crippen molar-refractivity contribution in [1.82, 2.24) is 10.3 Å². The van der Waals surface area contributed by atoms with Crippen molar-refractivity contribution in [3.05, 3.63) is 82.5 Å². The van der Waals surface area contributed by atoms with Crippen LogP contribution in [0, 0.1) is 22.7 Å². The lowest BCUT2D eigenvalue weighted by atomic mass is 9.84. The highest BCUT2D eigenvalue weighted by atomic mass is 19.4. The number of allylic oxidation sites excluding steroid dienone is 4. The number of pyridine rings is 1. The van der Waals surface area contributed by atoms with Gasteiger partial charge in [-0.05, 0) is 31.2 Å². The number of anilines is 1. The zero-order valence-corrected chi connectivity index (χ0v) is 17.0. The number of fused-ring (bicyclic) bond motifs is 1. The quantitative estimate of drug-likeness (QED) is 0.588. The van der Waals surface area contributed by atoms with Crippen molar-refractivity contribution in [2.45, 2.75) is 19.0 Å². The van der Waals surface area contributed by atoms with Gasteiger partial charge >= 0.3 is 6.18 Å². The van der Waals surface area contributed by atoms with Gasteiger partial charge in [-0.1, -0.05) is 18.2 Å². The minimum absolute atomic E-state index is 0.0370. The molecule has 3 aromatic rings. The maximum absolute atomic E-state index is 13.6. The fraction of sp³-hybridized carbons (Fsp3) is 0.130. The Kier molecular flexibility index (Phi) is 5.36. The van der Waals surface area contributed by atoms with Crippen LogP contribution in [0.2, 0.25) is 0 Å². The highest BCUT2D eigenvalue weighted by Crippen LogP contribution is 2.43. The lowest BCUT2D eigenvalue weighted by molar-refractivity contribution is -0.0970. The van der Waals surface area contributed by atoms with Crippen LogP contribution in [0.5, 0.6) is 0 Å². The molecule has 7 nitrogen and oxygen atoms in total. The number of dihydropyridines is 1. The molecule has 0 saturated carbocycles. The minimum Gasteiger partial charge on any atom is -0.460 e. The second kappa shape index (κ2) is 8.17. The number of aromatic nitrogens is 1. The molecule has 2 aromatic heterocycles. The van der Waals surface area contributed by atoms with Crippen LogP contribution in [0.15, 0.2) is 75.6 Å². The summed E-state index contributed by atoms with van der Waals surface area (Å²) in [6.45, 7) is 1.32. The molecule has 4 rings (SSSR count). The molecule has 164 valence electrons. The molecule has 10 heteroatoms. The SMILES string of the molecule is CC1=C(C#N)C(c2cc3c(NC(=O)c4ccccc4)nccc3o2)C(C#N)=C(C(F)(F)F)N1. The standard InChI is InChI=1S/C23H14F3N5O2/c1-12-15(10-27)19(16(11-28)20(30-12)23(24,25)26)18-9-14-17(33-18)7-8-29-21(14)31-22(32)13-5-3-2-4-6-13/h2-9,19,30H,1H3,(H,29,31,32). The Labute approximate surface area is 185 Å². The van der Waals surface area contributed by atoms with E-state index < -0.39 is 29.3 Å². The largest absolute Gasteiger partial charge is 0.460 e. The third-order valence-corrected chi connectivity index (χ3v) is 5.10. The number of furan rings is 1. The molecule has 1 unspecified atom stereocenters. The number of amides is 1. The molecular formula is C23H14F3N5O2. The number of nitrogens with one attached hydrogen (secondary N) is 2. The average molecular weight is 449 g/mol. The van der Waals surface area contributed by atoms with Gasteiger partial charge in [0.2, 0.25) is 0 Å². The lowest BCUT2D eigenvalue weighted by Gasteiger charge is -2.27. The molecule has 0 bridgehead atoms. The molecule has 0 aliphatic carbocycles. The first-order valence-corrected chi connectivity index (χ1v) is 9.58. The monoisotopic (exact) mass is 449 g/mol. The van der Waals surface area contributed by atoms with Crippen LogP contribution in [0.1, 0.15) is 29.0 Å². The van der Waals surface area contributed by atoms with Crippen LogP contribution < -0.4 is 10.6 Å². The van der Waals surface area contributed by atoms with Gasteiger partial charge in [0.15, 0.2) is 0 Å². The number of nitriles is 2. The first-order chi connectivity index (χ1) is 15.7. The van der Waals surface area contributed by atoms with Crippen molar-refractivity contribution in [2.75, 3.05) is 5.32 Å². The zero-order chi connectivity index (χ0) is 23.8. The summed E-state index contributed by atoms with van der Waals surface area (Å²) in [7, 11) is 0. The molecule has 1 atom stereocenters.